The third kappa shape index (κ3) is 3.77. The molecule has 0 fully saturated rings. The van der Waals surface area contributed by atoms with Gasteiger partial charge < -0.3 is 10.4 Å². The topological polar surface area (TPSA) is 32.3 Å². The van der Waals surface area contributed by atoms with E-state index in [1.807, 2.05) is 6.07 Å². The van der Waals surface area contributed by atoms with Crippen molar-refractivity contribution < 1.29 is 5.11 Å². The quantitative estimate of drug-likeness (QED) is 0.855. The molecule has 0 unspecified atom stereocenters. The lowest BCUT2D eigenvalue weighted by Crippen LogP contribution is -2.30. The van der Waals surface area contributed by atoms with Gasteiger partial charge in [-0.3, -0.25) is 0 Å². The predicted octanol–water partition coefficient (Wildman–Crippen LogP) is 2.37. The Balaban J connectivity index is 2.33. The Morgan fingerprint density at radius 1 is 1.62 bits per heavy atom. The minimum Gasteiger partial charge on any atom is -0.395 e. The second kappa shape index (κ2) is 5.75. The highest BCUT2D eigenvalue weighted by molar-refractivity contribution is 9.11. The Morgan fingerprint density at radius 3 is 2.85 bits per heavy atom. The smallest absolute Gasteiger partial charge is 0.0701 e. The summed E-state index contributed by atoms with van der Waals surface area (Å²) in [6.07, 6.45) is 0.961. The first kappa shape index (κ1) is 11.2. The molecule has 13 heavy (non-hydrogen) atoms. The van der Waals surface area contributed by atoms with Crippen LogP contribution >= 0.6 is 27.3 Å². The van der Waals surface area contributed by atoms with Gasteiger partial charge in [-0.25, -0.2) is 0 Å². The molecular formula is C9H14BrNOS. The maximum atomic E-state index is 8.94. The van der Waals surface area contributed by atoms with Crippen LogP contribution in [0, 0.1) is 0 Å². The largest absolute Gasteiger partial charge is 0.395 e. The van der Waals surface area contributed by atoms with E-state index >= 15 is 0 Å². The van der Waals surface area contributed by atoms with E-state index in [0.717, 1.165) is 16.8 Å². The van der Waals surface area contributed by atoms with Crippen LogP contribution in [0.2, 0.25) is 0 Å². The number of nitrogens with one attached hydrogen (secondary N) is 1. The Kier molecular flexibility index (Phi) is 4.94. The molecule has 0 aromatic carbocycles. The monoisotopic (exact) mass is 263 g/mol. The fraction of sp³-hybridized carbons (Fsp3) is 0.556. The predicted molar refractivity (Wildman–Crippen MR) is 60.0 cm³/mol. The first-order valence-corrected chi connectivity index (χ1v) is 5.95. The number of aliphatic hydroxyl groups is 1. The first-order valence-electron chi connectivity index (χ1n) is 4.34. The fourth-order valence-corrected chi connectivity index (χ4v) is 2.46. The third-order valence-electron chi connectivity index (χ3n) is 1.91. The average Bonchev–Trinajstić information content (AvgIpc) is 2.53. The van der Waals surface area contributed by atoms with Gasteiger partial charge in [-0.05, 0) is 34.5 Å². The summed E-state index contributed by atoms with van der Waals surface area (Å²) in [7, 11) is 0. The van der Waals surface area contributed by atoms with E-state index in [1.165, 1.54) is 4.88 Å². The maximum Gasteiger partial charge on any atom is 0.0701 e. The zero-order chi connectivity index (χ0) is 9.68. The normalized spacial score (nSPS) is 13.2. The van der Waals surface area contributed by atoms with Gasteiger partial charge in [0, 0.05) is 17.5 Å². The summed E-state index contributed by atoms with van der Waals surface area (Å²) in [5.41, 5.74) is 0. The molecule has 2 N–H and O–H groups in total. The van der Waals surface area contributed by atoms with Crippen molar-refractivity contribution in [2.75, 3.05) is 6.61 Å². The molecule has 1 atom stereocenters. The lowest BCUT2D eigenvalue weighted by Gasteiger charge is -2.12. The second-order valence-electron chi connectivity index (χ2n) is 2.87. The second-order valence-corrected chi connectivity index (χ2v) is 5.42. The number of halogens is 1. The molecule has 0 saturated carbocycles. The minimum absolute atomic E-state index is 0.211. The van der Waals surface area contributed by atoms with Gasteiger partial charge >= 0.3 is 0 Å². The molecule has 0 aliphatic rings. The first-order chi connectivity index (χ1) is 6.26. The molecule has 4 heteroatoms. The van der Waals surface area contributed by atoms with Crippen molar-refractivity contribution in [1.82, 2.24) is 5.32 Å². The van der Waals surface area contributed by atoms with Crippen LogP contribution in [-0.4, -0.2) is 17.8 Å². The van der Waals surface area contributed by atoms with E-state index in [4.69, 9.17) is 5.11 Å². The van der Waals surface area contributed by atoms with Crippen LogP contribution in [0.1, 0.15) is 18.2 Å². The van der Waals surface area contributed by atoms with Crippen molar-refractivity contribution in [3.8, 4) is 0 Å². The standard InChI is InChI=1S/C9H14BrNOS/c1-2-7(6-12)11-5-8-3-4-9(10)13-8/h3-4,7,11-12H,2,5-6H2,1H3/t7-/m0/s1. The molecule has 0 saturated heterocycles. The van der Waals surface area contributed by atoms with Gasteiger partial charge in [0.05, 0.1) is 10.4 Å². The molecular weight excluding hydrogens is 250 g/mol. The molecule has 0 spiro atoms. The van der Waals surface area contributed by atoms with Gasteiger partial charge in [-0.15, -0.1) is 11.3 Å². The molecule has 0 radical (unpaired) electrons. The molecule has 1 heterocycles. The van der Waals surface area contributed by atoms with Gasteiger partial charge in [-0.1, -0.05) is 6.92 Å². The summed E-state index contributed by atoms with van der Waals surface area (Å²) in [6.45, 7) is 3.12. The van der Waals surface area contributed by atoms with E-state index < -0.39 is 0 Å². The van der Waals surface area contributed by atoms with E-state index in [0.29, 0.717) is 0 Å². The fourth-order valence-electron chi connectivity index (χ4n) is 1.03. The highest BCUT2D eigenvalue weighted by Gasteiger charge is 2.04. The number of rotatable bonds is 5. The van der Waals surface area contributed by atoms with Crippen molar-refractivity contribution in [1.29, 1.82) is 0 Å². The molecule has 2 nitrogen and oxygen atoms in total. The van der Waals surface area contributed by atoms with Crippen LogP contribution in [0.25, 0.3) is 0 Å². The number of thiophene rings is 1. The summed E-state index contributed by atoms with van der Waals surface area (Å²) < 4.78 is 1.15. The highest BCUT2D eigenvalue weighted by Crippen LogP contribution is 2.21. The summed E-state index contributed by atoms with van der Waals surface area (Å²) in [5.74, 6) is 0. The van der Waals surface area contributed by atoms with Crippen LogP contribution in [0.15, 0.2) is 15.9 Å². The molecule has 1 aromatic rings. The number of hydrogen-bond donors (Lipinski definition) is 2. The lowest BCUT2D eigenvalue weighted by atomic mass is 10.2. The average molecular weight is 264 g/mol. The van der Waals surface area contributed by atoms with Gasteiger partial charge in [0.15, 0.2) is 0 Å². The summed E-state index contributed by atoms with van der Waals surface area (Å²) >= 11 is 5.14. The molecule has 0 aliphatic carbocycles. The molecule has 0 aliphatic heterocycles. The van der Waals surface area contributed by atoms with E-state index in [1.54, 1.807) is 11.3 Å². The molecule has 1 rings (SSSR count). The van der Waals surface area contributed by atoms with Gasteiger partial charge in [0.25, 0.3) is 0 Å². The molecule has 74 valence electrons. The Labute approximate surface area is 91.1 Å². The lowest BCUT2D eigenvalue weighted by molar-refractivity contribution is 0.238. The van der Waals surface area contributed by atoms with E-state index in [-0.39, 0.29) is 12.6 Å². The van der Waals surface area contributed by atoms with Crippen molar-refractivity contribution in [3.63, 3.8) is 0 Å². The van der Waals surface area contributed by atoms with Gasteiger partial charge in [-0.2, -0.15) is 0 Å². The Hall–Kier alpha value is 0.1000. The number of aliphatic hydroxyl groups excluding tert-OH is 1. The van der Waals surface area contributed by atoms with Crippen LogP contribution in [0.3, 0.4) is 0 Å². The summed E-state index contributed by atoms with van der Waals surface area (Å²) in [5, 5.41) is 12.2. The van der Waals surface area contributed by atoms with Gasteiger partial charge in [0.2, 0.25) is 0 Å². The molecule has 0 amide bonds. The van der Waals surface area contributed by atoms with E-state index in [9.17, 15) is 0 Å². The van der Waals surface area contributed by atoms with Crippen LogP contribution in [0.5, 0.6) is 0 Å². The Morgan fingerprint density at radius 2 is 2.38 bits per heavy atom. The van der Waals surface area contributed by atoms with Crippen molar-refractivity contribution >= 4 is 27.3 Å². The van der Waals surface area contributed by atoms with Crippen LogP contribution < -0.4 is 5.32 Å². The van der Waals surface area contributed by atoms with Crippen molar-refractivity contribution in [3.05, 3.63) is 20.8 Å². The summed E-state index contributed by atoms with van der Waals surface area (Å²) in [4.78, 5) is 1.29. The number of hydrogen-bond acceptors (Lipinski definition) is 3. The zero-order valence-electron chi connectivity index (χ0n) is 7.59. The van der Waals surface area contributed by atoms with Crippen molar-refractivity contribution in [2.24, 2.45) is 0 Å². The SMILES string of the molecule is CC[C@@H](CO)NCc1ccc(Br)s1. The van der Waals surface area contributed by atoms with Crippen molar-refractivity contribution in [2.45, 2.75) is 25.9 Å². The summed E-state index contributed by atoms with van der Waals surface area (Å²) in [6, 6.07) is 4.36. The van der Waals surface area contributed by atoms with Gasteiger partial charge in [0.1, 0.15) is 0 Å². The zero-order valence-corrected chi connectivity index (χ0v) is 9.99. The molecule has 0 bridgehead atoms. The minimum atomic E-state index is 0.211. The molecule has 1 aromatic heterocycles. The highest BCUT2D eigenvalue weighted by atomic mass is 79.9. The van der Waals surface area contributed by atoms with E-state index in [2.05, 4.69) is 34.2 Å². The Bertz CT molecular complexity index is 248. The third-order valence-corrected chi connectivity index (χ3v) is 3.53. The van der Waals surface area contributed by atoms with Crippen LogP contribution in [0.4, 0.5) is 0 Å². The maximum absolute atomic E-state index is 8.94. The van der Waals surface area contributed by atoms with Crippen LogP contribution in [-0.2, 0) is 6.54 Å².